The SMILES string of the molecule is CN1CCCC2(C1)CN(C(N)=O)C2. The third kappa shape index (κ3) is 1.50. The molecule has 2 saturated heterocycles. The van der Waals surface area contributed by atoms with Crippen LogP contribution in [0.5, 0.6) is 0 Å². The first kappa shape index (κ1) is 8.81. The molecule has 1 spiro atoms. The molecule has 0 aromatic carbocycles. The van der Waals surface area contributed by atoms with Crippen molar-refractivity contribution in [1.29, 1.82) is 0 Å². The molecular formula is C9H17N3O. The summed E-state index contributed by atoms with van der Waals surface area (Å²) >= 11 is 0. The Kier molecular flexibility index (Phi) is 1.95. The molecule has 0 aliphatic carbocycles. The Hall–Kier alpha value is -0.770. The van der Waals surface area contributed by atoms with Crippen molar-refractivity contribution in [3.8, 4) is 0 Å². The number of piperidine rings is 1. The van der Waals surface area contributed by atoms with Gasteiger partial charge in [-0.1, -0.05) is 0 Å². The van der Waals surface area contributed by atoms with Gasteiger partial charge in [0.2, 0.25) is 0 Å². The third-order valence-electron chi connectivity index (χ3n) is 3.22. The lowest BCUT2D eigenvalue weighted by atomic mass is 9.73. The van der Waals surface area contributed by atoms with Crippen LogP contribution >= 0.6 is 0 Å². The molecule has 0 unspecified atom stereocenters. The molecule has 2 fully saturated rings. The lowest BCUT2D eigenvalue weighted by Crippen LogP contribution is -2.64. The third-order valence-corrected chi connectivity index (χ3v) is 3.22. The maximum Gasteiger partial charge on any atom is 0.314 e. The van der Waals surface area contributed by atoms with Gasteiger partial charge in [0.15, 0.2) is 0 Å². The molecule has 2 amide bonds. The van der Waals surface area contributed by atoms with Crippen molar-refractivity contribution in [3.63, 3.8) is 0 Å². The Morgan fingerprint density at radius 1 is 1.38 bits per heavy atom. The Bertz CT molecular complexity index is 223. The molecule has 0 radical (unpaired) electrons. The van der Waals surface area contributed by atoms with Crippen LogP contribution in [0.1, 0.15) is 12.8 Å². The zero-order valence-corrected chi connectivity index (χ0v) is 8.12. The lowest BCUT2D eigenvalue weighted by Gasteiger charge is -2.53. The van der Waals surface area contributed by atoms with Crippen LogP contribution < -0.4 is 5.73 Å². The molecule has 4 heteroatoms. The summed E-state index contributed by atoms with van der Waals surface area (Å²) in [6.07, 6.45) is 2.50. The molecule has 2 aliphatic heterocycles. The minimum absolute atomic E-state index is 0.265. The van der Waals surface area contributed by atoms with Crippen molar-refractivity contribution in [2.24, 2.45) is 11.1 Å². The summed E-state index contributed by atoms with van der Waals surface area (Å²) < 4.78 is 0. The number of carbonyl (C=O) groups excluding carboxylic acids is 1. The maximum atomic E-state index is 10.8. The van der Waals surface area contributed by atoms with Gasteiger partial charge >= 0.3 is 6.03 Å². The van der Waals surface area contributed by atoms with Crippen LogP contribution in [-0.2, 0) is 0 Å². The van der Waals surface area contributed by atoms with Crippen molar-refractivity contribution in [2.45, 2.75) is 12.8 Å². The highest BCUT2D eigenvalue weighted by Crippen LogP contribution is 2.38. The van der Waals surface area contributed by atoms with Crippen LogP contribution in [0.25, 0.3) is 0 Å². The van der Waals surface area contributed by atoms with Crippen molar-refractivity contribution in [3.05, 3.63) is 0 Å². The summed E-state index contributed by atoms with van der Waals surface area (Å²) in [5.41, 5.74) is 5.57. The summed E-state index contributed by atoms with van der Waals surface area (Å²) in [6.45, 7) is 4.05. The summed E-state index contributed by atoms with van der Waals surface area (Å²) in [5, 5.41) is 0. The van der Waals surface area contributed by atoms with Crippen LogP contribution in [0.15, 0.2) is 0 Å². The molecule has 74 valence electrons. The normalized spacial score (nSPS) is 27.3. The average molecular weight is 183 g/mol. The van der Waals surface area contributed by atoms with Gasteiger partial charge in [-0.2, -0.15) is 0 Å². The number of hydrogen-bond donors (Lipinski definition) is 1. The minimum atomic E-state index is -0.265. The Morgan fingerprint density at radius 3 is 2.62 bits per heavy atom. The molecule has 2 N–H and O–H groups in total. The zero-order chi connectivity index (χ0) is 9.47. The van der Waals surface area contributed by atoms with Gasteiger partial charge in [0, 0.05) is 25.0 Å². The van der Waals surface area contributed by atoms with Gasteiger partial charge in [0.25, 0.3) is 0 Å². The summed E-state index contributed by atoms with van der Waals surface area (Å²) in [6, 6.07) is -0.265. The van der Waals surface area contributed by atoms with E-state index in [0.717, 1.165) is 19.6 Å². The van der Waals surface area contributed by atoms with Gasteiger partial charge in [0.05, 0.1) is 0 Å². The Morgan fingerprint density at radius 2 is 2.08 bits per heavy atom. The molecule has 0 aromatic rings. The molecule has 13 heavy (non-hydrogen) atoms. The predicted octanol–water partition coefficient (Wildman–Crippen LogP) is 0.0927. The van der Waals surface area contributed by atoms with E-state index in [2.05, 4.69) is 11.9 Å². The molecule has 2 heterocycles. The number of likely N-dealkylation sites (tertiary alicyclic amines) is 2. The Balaban J connectivity index is 1.91. The summed E-state index contributed by atoms with van der Waals surface area (Å²) in [5.74, 6) is 0. The molecule has 4 nitrogen and oxygen atoms in total. The molecule has 0 bridgehead atoms. The second-order valence-corrected chi connectivity index (χ2v) is 4.54. The number of primary amides is 1. The van der Waals surface area contributed by atoms with Gasteiger partial charge in [-0.15, -0.1) is 0 Å². The first-order valence-electron chi connectivity index (χ1n) is 4.84. The Labute approximate surface area is 78.7 Å². The van der Waals surface area contributed by atoms with Crippen LogP contribution in [-0.4, -0.2) is 49.1 Å². The summed E-state index contributed by atoms with van der Waals surface area (Å²) in [7, 11) is 2.15. The maximum absolute atomic E-state index is 10.8. The monoisotopic (exact) mass is 183 g/mol. The van der Waals surface area contributed by atoms with E-state index in [4.69, 9.17) is 5.73 Å². The molecule has 2 rings (SSSR count). The van der Waals surface area contributed by atoms with Crippen LogP contribution in [0, 0.1) is 5.41 Å². The molecular weight excluding hydrogens is 166 g/mol. The quantitative estimate of drug-likeness (QED) is 0.578. The highest BCUT2D eigenvalue weighted by atomic mass is 16.2. The molecule has 0 saturated carbocycles. The number of nitrogens with zero attached hydrogens (tertiary/aromatic N) is 2. The van der Waals surface area contributed by atoms with Crippen LogP contribution in [0.3, 0.4) is 0 Å². The van der Waals surface area contributed by atoms with Crippen LogP contribution in [0.2, 0.25) is 0 Å². The highest BCUT2D eigenvalue weighted by molar-refractivity contribution is 5.73. The second-order valence-electron chi connectivity index (χ2n) is 4.54. The van der Waals surface area contributed by atoms with E-state index in [1.807, 2.05) is 0 Å². The van der Waals surface area contributed by atoms with E-state index in [0.29, 0.717) is 5.41 Å². The number of nitrogens with two attached hydrogens (primary N) is 1. The highest BCUT2D eigenvalue weighted by Gasteiger charge is 2.46. The van der Waals surface area contributed by atoms with Crippen LogP contribution in [0.4, 0.5) is 4.79 Å². The first-order valence-corrected chi connectivity index (χ1v) is 4.84. The average Bonchev–Trinajstić information content (AvgIpc) is 1.99. The number of rotatable bonds is 0. The number of carbonyl (C=O) groups is 1. The minimum Gasteiger partial charge on any atom is -0.351 e. The zero-order valence-electron chi connectivity index (χ0n) is 8.12. The van der Waals surface area contributed by atoms with Crippen molar-refractivity contribution in [2.75, 3.05) is 33.2 Å². The van der Waals surface area contributed by atoms with Gasteiger partial charge in [-0.05, 0) is 26.4 Å². The van der Waals surface area contributed by atoms with E-state index in [9.17, 15) is 4.79 Å². The standard InChI is InChI=1S/C9H17N3O/c1-11-4-2-3-9(5-11)6-12(7-9)8(10)13/h2-7H2,1H3,(H2,10,13). The van der Waals surface area contributed by atoms with E-state index in [-0.39, 0.29) is 6.03 Å². The fourth-order valence-electron chi connectivity index (χ4n) is 2.63. The molecule has 2 aliphatic rings. The van der Waals surface area contributed by atoms with Gasteiger partial charge in [-0.25, -0.2) is 4.79 Å². The van der Waals surface area contributed by atoms with Gasteiger partial charge < -0.3 is 15.5 Å². The largest absolute Gasteiger partial charge is 0.351 e. The van der Waals surface area contributed by atoms with Gasteiger partial charge in [-0.3, -0.25) is 0 Å². The second kappa shape index (κ2) is 2.87. The lowest BCUT2D eigenvalue weighted by molar-refractivity contribution is -0.0210. The fourth-order valence-corrected chi connectivity index (χ4v) is 2.63. The van der Waals surface area contributed by atoms with E-state index < -0.39 is 0 Å². The number of amides is 2. The van der Waals surface area contributed by atoms with E-state index >= 15 is 0 Å². The molecule has 0 aromatic heterocycles. The van der Waals surface area contributed by atoms with Crippen molar-refractivity contribution >= 4 is 6.03 Å². The number of hydrogen-bond acceptors (Lipinski definition) is 2. The van der Waals surface area contributed by atoms with Crippen molar-refractivity contribution < 1.29 is 4.79 Å². The number of urea groups is 1. The fraction of sp³-hybridized carbons (Fsp3) is 0.889. The smallest absolute Gasteiger partial charge is 0.314 e. The van der Waals surface area contributed by atoms with E-state index in [1.54, 1.807) is 4.90 Å². The van der Waals surface area contributed by atoms with Gasteiger partial charge in [0.1, 0.15) is 0 Å². The van der Waals surface area contributed by atoms with E-state index in [1.165, 1.54) is 19.4 Å². The predicted molar refractivity (Wildman–Crippen MR) is 50.3 cm³/mol. The topological polar surface area (TPSA) is 49.6 Å². The van der Waals surface area contributed by atoms with Crippen molar-refractivity contribution in [1.82, 2.24) is 9.80 Å². The molecule has 0 atom stereocenters. The first-order chi connectivity index (χ1) is 6.11. The summed E-state index contributed by atoms with van der Waals surface area (Å²) in [4.78, 5) is 14.9.